The maximum absolute atomic E-state index is 11.7. The molecule has 120 valence electrons. The van der Waals surface area contributed by atoms with Crippen LogP contribution in [0, 0.1) is 0 Å². The molecular formula is C13H22N2O4S2. The van der Waals surface area contributed by atoms with E-state index in [1.807, 2.05) is 18.2 Å². The van der Waals surface area contributed by atoms with E-state index in [4.69, 9.17) is 15.6 Å². The molecule has 1 aromatic rings. The van der Waals surface area contributed by atoms with Crippen LogP contribution >= 0.6 is 11.8 Å². The van der Waals surface area contributed by atoms with Crippen molar-refractivity contribution in [3.8, 4) is 0 Å². The van der Waals surface area contributed by atoms with Gasteiger partial charge in [-0.05, 0) is 24.6 Å². The fourth-order valence-electron chi connectivity index (χ4n) is 1.51. The lowest BCUT2D eigenvalue weighted by Crippen LogP contribution is -2.28. The van der Waals surface area contributed by atoms with Crippen LogP contribution in [-0.2, 0) is 14.8 Å². The monoisotopic (exact) mass is 334 g/mol. The van der Waals surface area contributed by atoms with Crippen LogP contribution in [0.4, 0.5) is 5.69 Å². The SMILES string of the molecule is Nc1cccc(SCCS(=O)(=O)NCCCOCCO)c1. The van der Waals surface area contributed by atoms with Crippen LogP contribution in [0.2, 0.25) is 0 Å². The first-order chi connectivity index (χ1) is 10.0. The van der Waals surface area contributed by atoms with Gasteiger partial charge in [0.25, 0.3) is 0 Å². The van der Waals surface area contributed by atoms with Crippen LogP contribution in [0.1, 0.15) is 6.42 Å². The molecule has 1 aromatic carbocycles. The number of anilines is 1. The summed E-state index contributed by atoms with van der Waals surface area (Å²) in [4.78, 5) is 0.961. The third-order valence-electron chi connectivity index (χ3n) is 2.50. The van der Waals surface area contributed by atoms with Crippen molar-refractivity contribution in [1.29, 1.82) is 0 Å². The van der Waals surface area contributed by atoms with Gasteiger partial charge in [-0.3, -0.25) is 0 Å². The Morgan fingerprint density at radius 2 is 2.14 bits per heavy atom. The molecule has 0 bridgehead atoms. The fourth-order valence-corrected chi connectivity index (χ4v) is 3.95. The number of sulfonamides is 1. The van der Waals surface area contributed by atoms with E-state index < -0.39 is 10.0 Å². The van der Waals surface area contributed by atoms with Crippen LogP contribution in [-0.4, -0.2) is 51.4 Å². The summed E-state index contributed by atoms with van der Waals surface area (Å²) in [7, 11) is -3.26. The van der Waals surface area contributed by atoms with Crippen molar-refractivity contribution < 1.29 is 18.3 Å². The van der Waals surface area contributed by atoms with E-state index in [0.29, 0.717) is 31.0 Å². The van der Waals surface area contributed by atoms with Gasteiger partial charge in [-0.15, -0.1) is 11.8 Å². The number of rotatable bonds is 11. The lowest BCUT2D eigenvalue weighted by molar-refractivity contribution is 0.0913. The van der Waals surface area contributed by atoms with Gasteiger partial charge in [-0.2, -0.15) is 0 Å². The molecule has 0 fully saturated rings. The maximum atomic E-state index is 11.7. The highest BCUT2D eigenvalue weighted by molar-refractivity contribution is 8.00. The Bertz CT molecular complexity index is 509. The molecule has 0 spiro atoms. The first-order valence-corrected chi connectivity index (χ1v) is 9.31. The lowest BCUT2D eigenvalue weighted by Gasteiger charge is -2.07. The minimum Gasteiger partial charge on any atom is -0.399 e. The molecule has 21 heavy (non-hydrogen) atoms. The molecule has 4 N–H and O–H groups in total. The van der Waals surface area contributed by atoms with Gasteiger partial charge in [-0.1, -0.05) is 6.07 Å². The molecule has 0 saturated carbocycles. The number of hydrogen-bond donors (Lipinski definition) is 3. The van der Waals surface area contributed by atoms with Crippen LogP contribution in [0.3, 0.4) is 0 Å². The molecule has 0 radical (unpaired) electrons. The molecule has 0 unspecified atom stereocenters. The van der Waals surface area contributed by atoms with E-state index >= 15 is 0 Å². The summed E-state index contributed by atoms with van der Waals surface area (Å²) >= 11 is 1.46. The summed E-state index contributed by atoms with van der Waals surface area (Å²) < 4.78 is 31.1. The number of nitrogens with one attached hydrogen (secondary N) is 1. The average Bonchev–Trinajstić information content (AvgIpc) is 2.42. The van der Waals surface area contributed by atoms with Crippen LogP contribution < -0.4 is 10.5 Å². The molecule has 8 heteroatoms. The quantitative estimate of drug-likeness (QED) is 0.312. The Balaban J connectivity index is 2.17. The van der Waals surface area contributed by atoms with Crippen molar-refractivity contribution in [1.82, 2.24) is 4.72 Å². The minimum absolute atomic E-state index is 0.0209. The smallest absolute Gasteiger partial charge is 0.212 e. The highest BCUT2D eigenvalue weighted by Gasteiger charge is 2.09. The molecule has 0 saturated heterocycles. The number of aliphatic hydroxyl groups is 1. The molecule has 0 amide bonds. The van der Waals surface area contributed by atoms with Gasteiger partial charge in [0.2, 0.25) is 10.0 Å². The molecule has 6 nitrogen and oxygen atoms in total. The summed E-state index contributed by atoms with van der Waals surface area (Å²) in [6.07, 6.45) is 0.585. The molecular weight excluding hydrogens is 312 g/mol. The number of hydrogen-bond acceptors (Lipinski definition) is 6. The minimum atomic E-state index is -3.26. The molecule has 1 rings (SSSR count). The summed E-state index contributed by atoms with van der Waals surface area (Å²) in [5, 5.41) is 8.51. The Morgan fingerprint density at radius 3 is 2.86 bits per heavy atom. The molecule has 0 aliphatic rings. The number of nitrogens with two attached hydrogens (primary N) is 1. The van der Waals surface area contributed by atoms with Gasteiger partial charge in [0, 0.05) is 29.5 Å². The number of thioether (sulfide) groups is 1. The van der Waals surface area contributed by atoms with E-state index in [0.717, 1.165) is 4.90 Å². The molecule has 0 heterocycles. The van der Waals surface area contributed by atoms with Crippen LogP contribution in [0.5, 0.6) is 0 Å². The van der Waals surface area contributed by atoms with Gasteiger partial charge in [-0.25, -0.2) is 13.1 Å². The Morgan fingerprint density at radius 1 is 1.33 bits per heavy atom. The molecule has 0 aromatic heterocycles. The number of benzene rings is 1. The number of ether oxygens (including phenoxy) is 1. The predicted molar refractivity (Wildman–Crippen MR) is 85.9 cm³/mol. The van der Waals surface area contributed by atoms with Gasteiger partial charge in [0.05, 0.1) is 19.0 Å². The zero-order chi connectivity index (χ0) is 15.6. The zero-order valence-electron chi connectivity index (χ0n) is 11.8. The third-order valence-corrected chi connectivity index (χ3v) is 5.14. The fraction of sp³-hybridized carbons (Fsp3) is 0.538. The van der Waals surface area contributed by atoms with Crippen molar-refractivity contribution in [2.45, 2.75) is 11.3 Å². The molecule has 0 atom stereocenters. The summed E-state index contributed by atoms with van der Waals surface area (Å²) in [6.45, 7) is 1.04. The van der Waals surface area contributed by atoms with Crippen molar-refractivity contribution in [2.24, 2.45) is 0 Å². The van der Waals surface area contributed by atoms with Crippen LogP contribution in [0.15, 0.2) is 29.2 Å². The molecule has 0 aliphatic carbocycles. The van der Waals surface area contributed by atoms with Crippen molar-refractivity contribution in [2.75, 3.05) is 43.6 Å². The van der Waals surface area contributed by atoms with E-state index in [1.165, 1.54) is 11.8 Å². The maximum Gasteiger partial charge on any atom is 0.212 e. The second-order valence-electron chi connectivity index (χ2n) is 4.32. The standard InChI is InChI=1S/C13H22N2O4S2/c14-12-3-1-4-13(11-12)20-9-10-21(17,18)15-5-2-7-19-8-6-16/h1,3-4,11,15-16H,2,5-10,14H2. The molecule has 0 aliphatic heterocycles. The number of nitrogen functional groups attached to an aromatic ring is 1. The highest BCUT2D eigenvalue weighted by Crippen LogP contribution is 2.20. The lowest BCUT2D eigenvalue weighted by atomic mass is 10.3. The number of aliphatic hydroxyl groups excluding tert-OH is 1. The van der Waals surface area contributed by atoms with Crippen molar-refractivity contribution in [3.63, 3.8) is 0 Å². The summed E-state index contributed by atoms with van der Waals surface area (Å²) in [5.74, 6) is 0.532. The summed E-state index contributed by atoms with van der Waals surface area (Å²) in [6, 6.07) is 7.36. The van der Waals surface area contributed by atoms with E-state index in [-0.39, 0.29) is 19.0 Å². The second kappa shape index (κ2) is 10.0. The Hall–Kier alpha value is -0.800. The van der Waals surface area contributed by atoms with E-state index in [9.17, 15) is 8.42 Å². The normalized spacial score (nSPS) is 11.7. The van der Waals surface area contributed by atoms with Gasteiger partial charge in [0.1, 0.15) is 0 Å². The summed E-state index contributed by atoms with van der Waals surface area (Å²) in [5.41, 5.74) is 6.33. The Labute approximate surface area is 130 Å². The second-order valence-corrected chi connectivity index (χ2v) is 7.42. The average molecular weight is 334 g/mol. The van der Waals surface area contributed by atoms with Crippen molar-refractivity contribution in [3.05, 3.63) is 24.3 Å². The first-order valence-electron chi connectivity index (χ1n) is 6.68. The van der Waals surface area contributed by atoms with Gasteiger partial charge < -0.3 is 15.6 Å². The first kappa shape index (κ1) is 18.2. The van der Waals surface area contributed by atoms with Crippen molar-refractivity contribution >= 4 is 27.5 Å². The predicted octanol–water partition coefficient (Wildman–Crippen LogP) is 0.679. The van der Waals surface area contributed by atoms with E-state index in [1.54, 1.807) is 6.07 Å². The third kappa shape index (κ3) is 8.94. The highest BCUT2D eigenvalue weighted by atomic mass is 32.2. The van der Waals surface area contributed by atoms with Crippen LogP contribution in [0.25, 0.3) is 0 Å². The largest absolute Gasteiger partial charge is 0.399 e. The van der Waals surface area contributed by atoms with Gasteiger partial charge >= 0.3 is 0 Å². The van der Waals surface area contributed by atoms with Gasteiger partial charge in [0.15, 0.2) is 0 Å². The topological polar surface area (TPSA) is 102 Å². The zero-order valence-corrected chi connectivity index (χ0v) is 13.5. The Kier molecular flexibility index (Phi) is 8.70. The van der Waals surface area contributed by atoms with E-state index in [2.05, 4.69) is 4.72 Å².